The fraction of sp³-hybridized carbons (Fsp3) is 0.226. The average molecular weight is 1330 g/mol. The number of aromatic nitrogens is 8. The number of aryl methyl sites for hydroxylation is 3. The monoisotopic (exact) mass is 1330 g/mol. The SMILES string of the molecule is COc1cc(-c2cnn(C)c2)ccc1-c1nccc2cc(S(=O)(=O)Cc3nccs3)ccc12.COc1cc(Cl)ccc1O[B]O.COc1ccc(CN(c2nccs2)S(=O)(=O)c2ccc3c(Cl)nccc3c2)c(C)c1.Cn1cc(B2OC(C)(C)C(C)(C)O2)cn1. The van der Waals surface area contributed by atoms with Gasteiger partial charge in [0.15, 0.2) is 20.7 Å². The lowest BCUT2D eigenvalue weighted by molar-refractivity contribution is 0.00578. The van der Waals surface area contributed by atoms with Crippen molar-refractivity contribution >= 4 is 113 Å². The van der Waals surface area contributed by atoms with Crippen LogP contribution in [0.2, 0.25) is 10.2 Å². The van der Waals surface area contributed by atoms with Gasteiger partial charge in [-0.1, -0.05) is 41.4 Å². The number of thiazole rings is 2. The highest BCUT2D eigenvalue weighted by Gasteiger charge is 2.52. The van der Waals surface area contributed by atoms with Crippen LogP contribution < -0.4 is 28.6 Å². The van der Waals surface area contributed by atoms with Gasteiger partial charge in [-0.2, -0.15) is 10.2 Å². The van der Waals surface area contributed by atoms with Gasteiger partial charge >= 0.3 is 14.8 Å². The third-order valence-electron chi connectivity index (χ3n) is 14.7. The Morgan fingerprint density at radius 3 is 1.97 bits per heavy atom. The molecule has 7 heterocycles. The number of halogens is 2. The third kappa shape index (κ3) is 15.4. The van der Waals surface area contributed by atoms with Gasteiger partial charge in [0.2, 0.25) is 0 Å². The number of hydrogen-bond donors (Lipinski definition) is 1. The summed E-state index contributed by atoms with van der Waals surface area (Å²) in [4.78, 5) is 17.4. The van der Waals surface area contributed by atoms with E-state index in [2.05, 4.69) is 30.1 Å². The summed E-state index contributed by atoms with van der Waals surface area (Å²) in [5.74, 6) is 2.19. The van der Waals surface area contributed by atoms with Crippen molar-refractivity contribution in [1.82, 2.24) is 39.5 Å². The second kappa shape index (κ2) is 28.5. The number of pyridine rings is 2. The number of anilines is 1. The topological polar surface area (TPSA) is 234 Å². The highest BCUT2D eigenvalue weighted by atomic mass is 35.5. The van der Waals surface area contributed by atoms with Crippen LogP contribution >= 0.6 is 45.9 Å². The maximum Gasteiger partial charge on any atom is 0.569 e. The van der Waals surface area contributed by atoms with Crippen LogP contribution in [0.4, 0.5) is 5.13 Å². The molecule has 12 rings (SSSR count). The number of hydrogen-bond acceptors (Lipinski definition) is 19. The highest BCUT2D eigenvalue weighted by Crippen LogP contribution is 2.39. The van der Waals surface area contributed by atoms with E-state index in [9.17, 15) is 16.8 Å². The zero-order chi connectivity index (χ0) is 64.5. The molecule has 1 aliphatic rings. The van der Waals surface area contributed by atoms with E-state index < -0.39 is 19.9 Å². The first-order chi connectivity index (χ1) is 42.9. The number of ether oxygens (including phenoxy) is 3. The zero-order valence-electron chi connectivity index (χ0n) is 50.6. The van der Waals surface area contributed by atoms with Crippen molar-refractivity contribution < 1.29 is 50.0 Å². The van der Waals surface area contributed by atoms with Crippen LogP contribution in [0.3, 0.4) is 0 Å². The third-order valence-corrected chi connectivity index (χ3v) is 20.5. The van der Waals surface area contributed by atoms with Gasteiger partial charge in [-0.3, -0.25) is 14.3 Å². The number of rotatable bonds is 16. The Hall–Kier alpha value is -7.91. The Morgan fingerprint density at radius 1 is 0.667 bits per heavy atom. The fourth-order valence-corrected chi connectivity index (χ4v) is 14.2. The predicted molar refractivity (Wildman–Crippen MR) is 354 cm³/mol. The molecule has 5 aromatic carbocycles. The van der Waals surface area contributed by atoms with Crippen LogP contribution in [0, 0.1) is 6.92 Å². The van der Waals surface area contributed by atoms with Gasteiger partial charge in [0.05, 0.1) is 60.8 Å². The summed E-state index contributed by atoms with van der Waals surface area (Å²) in [5.41, 5.74) is 5.73. The van der Waals surface area contributed by atoms with Crippen molar-refractivity contribution in [3.63, 3.8) is 0 Å². The molecule has 11 aromatic rings. The van der Waals surface area contributed by atoms with Crippen molar-refractivity contribution in [2.75, 3.05) is 25.6 Å². The Kier molecular flexibility index (Phi) is 21.1. The van der Waals surface area contributed by atoms with Gasteiger partial charge in [0.25, 0.3) is 10.0 Å². The first-order valence-electron chi connectivity index (χ1n) is 27.5. The molecular formula is C62H62B2Cl2N9O11S4. The van der Waals surface area contributed by atoms with E-state index in [1.807, 2.05) is 104 Å². The summed E-state index contributed by atoms with van der Waals surface area (Å²) in [5, 5.41) is 25.1. The Balaban J connectivity index is 0.000000153. The molecule has 465 valence electrons. The van der Waals surface area contributed by atoms with E-state index >= 15 is 0 Å². The molecule has 1 aliphatic heterocycles. The van der Waals surface area contributed by atoms with Gasteiger partial charge in [0.1, 0.15) is 33.2 Å². The smallest absolute Gasteiger partial charge is 0.535 e. The van der Waals surface area contributed by atoms with E-state index in [1.165, 1.54) is 34.1 Å². The van der Waals surface area contributed by atoms with Crippen LogP contribution in [0.25, 0.3) is 43.9 Å². The molecule has 0 unspecified atom stereocenters. The van der Waals surface area contributed by atoms with Crippen molar-refractivity contribution in [3.8, 4) is 45.4 Å². The maximum atomic E-state index is 13.6. The Labute approximate surface area is 541 Å². The van der Waals surface area contributed by atoms with Crippen molar-refractivity contribution in [1.29, 1.82) is 0 Å². The molecule has 0 amide bonds. The molecule has 1 N–H and O–H groups in total. The van der Waals surface area contributed by atoms with Crippen LogP contribution in [0.5, 0.6) is 23.0 Å². The molecule has 0 spiro atoms. The van der Waals surface area contributed by atoms with Gasteiger partial charge in [-0.25, -0.2) is 36.1 Å². The fourth-order valence-electron chi connectivity index (χ4n) is 9.24. The van der Waals surface area contributed by atoms with E-state index in [1.54, 1.807) is 132 Å². The molecule has 90 heavy (non-hydrogen) atoms. The Morgan fingerprint density at radius 2 is 1.33 bits per heavy atom. The predicted octanol–water partition coefficient (Wildman–Crippen LogP) is 11.8. The van der Waals surface area contributed by atoms with E-state index in [0.717, 1.165) is 55.5 Å². The molecular weight excluding hydrogens is 1270 g/mol. The summed E-state index contributed by atoms with van der Waals surface area (Å²) in [7, 11) is 1.39. The number of methoxy groups -OCH3 is 3. The molecule has 0 bridgehead atoms. The molecule has 1 fully saturated rings. The number of fused-ring (bicyclic) bond motifs is 2. The molecule has 20 nitrogen and oxygen atoms in total. The van der Waals surface area contributed by atoms with Crippen LogP contribution in [0.15, 0.2) is 173 Å². The summed E-state index contributed by atoms with van der Waals surface area (Å²) < 4.78 is 90.2. The Bertz CT molecular complexity index is 4510. The minimum Gasteiger partial charge on any atom is -0.535 e. The molecule has 0 saturated carbocycles. The van der Waals surface area contributed by atoms with Crippen LogP contribution in [-0.2, 0) is 55.6 Å². The van der Waals surface area contributed by atoms with Crippen molar-refractivity contribution in [2.24, 2.45) is 14.1 Å². The zero-order valence-corrected chi connectivity index (χ0v) is 55.4. The van der Waals surface area contributed by atoms with Gasteiger partial charge < -0.3 is 33.2 Å². The minimum atomic E-state index is -3.87. The van der Waals surface area contributed by atoms with Crippen LogP contribution in [-0.4, -0.2) is 109 Å². The molecule has 1 saturated heterocycles. The van der Waals surface area contributed by atoms with Crippen molar-refractivity contribution in [3.05, 3.63) is 190 Å². The molecule has 1 radical (unpaired) electrons. The number of sulfonamides is 1. The molecule has 28 heteroatoms. The van der Waals surface area contributed by atoms with Crippen molar-refractivity contribution in [2.45, 2.75) is 67.9 Å². The van der Waals surface area contributed by atoms with E-state index in [-0.39, 0.29) is 40.4 Å². The number of sulfone groups is 1. The number of benzene rings is 5. The molecule has 0 aliphatic carbocycles. The molecule has 6 aromatic heterocycles. The first-order valence-corrected chi connectivity index (χ1v) is 33.1. The minimum absolute atomic E-state index is 0.113. The highest BCUT2D eigenvalue weighted by molar-refractivity contribution is 7.93. The van der Waals surface area contributed by atoms with Crippen LogP contribution in [0.1, 0.15) is 43.8 Å². The summed E-state index contributed by atoms with van der Waals surface area (Å²) in [6.07, 6.45) is 13.9. The van der Waals surface area contributed by atoms with E-state index in [0.29, 0.717) is 56.0 Å². The summed E-state index contributed by atoms with van der Waals surface area (Å²) in [6.45, 7) is 10.3. The summed E-state index contributed by atoms with van der Waals surface area (Å²) in [6, 6.07) is 29.9. The largest absolute Gasteiger partial charge is 0.569 e. The second-order valence-electron chi connectivity index (χ2n) is 21.2. The maximum absolute atomic E-state index is 13.6. The lowest BCUT2D eigenvalue weighted by atomic mass is 9.82. The average Bonchev–Trinajstić information content (AvgIpc) is 1.88. The quantitative estimate of drug-likeness (QED) is 0.0699. The van der Waals surface area contributed by atoms with E-state index in [4.69, 9.17) is 56.4 Å². The standard InChI is InChI=1S/C24H20N4O3S2.C21H18ClN3O3S2.C10H17BN2O2.C7H7BClO3/c1-28-14-18(13-27-28)16-3-5-21(22(12-16)31-2)24-20-6-4-19(11-17(20)7-8-26-24)33(29,30)15-23-25-9-10-32-23;1-14-11-17(28-2)4-3-16(14)13-25(21-24-9-10-29-21)30(26,27)18-5-6-19-15(12-18)7-8-23-20(19)22;1-9(2)10(3,4)15-11(14-9)8-6-12-13(5)7-8;1-11-7-4-5(9)2-3-6(7)12-8-10/h3-14H,15H2,1-2H3;3-12H,13H2,1-2H3;6-7H,1-5H3;2-4,10H,1H3. The first kappa shape index (κ1) is 66.5. The second-order valence-corrected chi connectivity index (χ2v) is 27.7. The van der Waals surface area contributed by atoms with Gasteiger partial charge in [-0.15, -0.1) is 22.7 Å². The van der Waals surface area contributed by atoms with Gasteiger partial charge in [0, 0.05) is 107 Å². The molecule has 0 atom stereocenters. The number of nitrogens with zero attached hydrogens (tertiary/aromatic N) is 9. The lowest BCUT2D eigenvalue weighted by Crippen LogP contribution is -2.41. The lowest BCUT2D eigenvalue weighted by Gasteiger charge is -2.32. The normalized spacial score (nSPS) is 13.3. The van der Waals surface area contributed by atoms with Gasteiger partial charge in [-0.05, 0) is 141 Å². The summed E-state index contributed by atoms with van der Waals surface area (Å²) >= 11 is 14.4.